The Labute approximate surface area is 90.1 Å². The van der Waals surface area contributed by atoms with Gasteiger partial charge in [0, 0.05) is 29.5 Å². The molecule has 2 heterocycles. The summed E-state index contributed by atoms with van der Waals surface area (Å²) in [4.78, 5) is 8.22. The van der Waals surface area contributed by atoms with Crippen LogP contribution < -0.4 is 0 Å². The third-order valence-corrected chi connectivity index (χ3v) is 2.51. The van der Waals surface area contributed by atoms with Gasteiger partial charge in [0.1, 0.15) is 0 Å². The molecule has 0 aliphatic heterocycles. The number of rotatable bonds is 2. The van der Waals surface area contributed by atoms with E-state index in [0.717, 1.165) is 16.6 Å². The van der Waals surface area contributed by atoms with Crippen LogP contribution in [-0.2, 0) is 5.33 Å². The molecule has 72 valence electrons. The maximum atomic E-state index is 4.31. The summed E-state index contributed by atoms with van der Waals surface area (Å²) in [5, 5.41) is 5.11. The van der Waals surface area contributed by atoms with E-state index in [4.69, 9.17) is 0 Å². The number of halogens is 1. The fraction of sp³-hybridized carbons (Fsp3) is 0.222. The summed E-state index contributed by atoms with van der Waals surface area (Å²) in [6.07, 6.45) is 5.33. The van der Waals surface area contributed by atoms with E-state index >= 15 is 0 Å². The maximum absolute atomic E-state index is 4.31. The summed E-state index contributed by atoms with van der Waals surface area (Å²) >= 11 is 3.40. The van der Waals surface area contributed by atoms with Crippen molar-refractivity contribution in [1.29, 1.82) is 0 Å². The Morgan fingerprint density at radius 1 is 1.36 bits per heavy atom. The molecule has 0 N–H and O–H groups in total. The lowest BCUT2D eigenvalue weighted by Gasteiger charge is -1.95. The first-order chi connectivity index (χ1) is 6.81. The van der Waals surface area contributed by atoms with Gasteiger partial charge in [-0.3, -0.25) is 0 Å². The van der Waals surface area contributed by atoms with Crippen molar-refractivity contribution >= 4 is 15.9 Å². The molecular formula is C9H9BrN4. The first-order valence-electron chi connectivity index (χ1n) is 4.20. The molecule has 0 saturated heterocycles. The lowest BCUT2D eigenvalue weighted by atomic mass is 10.3. The number of aryl methyl sites for hydroxylation is 1. The van der Waals surface area contributed by atoms with E-state index < -0.39 is 0 Å². The molecular weight excluding hydrogens is 244 g/mol. The third-order valence-electron chi connectivity index (χ3n) is 1.90. The van der Waals surface area contributed by atoms with Crippen LogP contribution in [0.15, 0.2) is 24.7 Å². The summed E-state index contributed by atoms with van der Waals surface area (Å²) in [5.74, 6) is 0.600. The van der Waals surface area contributed by atoms with E-state index in [2.05, 4.69) is 31.0 Å². The number of aromatic nitrogens is 4. The van der Waals surface area contributed by atoms with Crippen molar-refractivity contribution in [2.75, 3.05) is 0 Å². The molecule has 0 aromatic carbocycles. The Hall–Kier alpha value is -1.23. The third kappa shape index (κ3) is 1.68. The summed E-state index contributed by atoms with van der Waals surface area (Å²) in [5.41, 5.74) is 2.15. The molecule has 0 radical (unpaired) electrons. The van der Waals surface area contributed by atoms with Gasteiger partial charge in [-0.1, -0.05) is 15.9 Å². The minimum Gasteiger partial charge on any atom is -0.220 e. The Bertz CT molecular complexity index is 424. The normalized spacial score (nSPS) is 10.4. The predicted molar refractivity (Wildman–Crippen MR) is 56.5 cm³/mol. The topological polar surface area (TPSA) is 43.6 Å². The highest BCUT2D eigenvalue weighted by Gasteiger charge is 2.05. The van der Waals surface area contributed by atoms with Crippen LogP contribution in [0.3, 0.4) is 0 Å². The predicted octanol–water partition coefficient (Wildman–Crippen LogP) is 1.87. The fourth-order valence-corrected chi connectivity index (χ4v) is 1.69. The van der Waals surface area contributed by atoms with Crippen LogP contribution in [0.4, 0.5) is 0 Å². The van der Waals surface area contributed by atoms with Gasteiger partial charge >= 0.3 is 0 Å². The van der Waals surface area contributed by atoms with Crippen LogP contribution in [-0.4, -0.2) is 19.7 Å². The molecule has 0 unspecified atom stereocenters. The Morgan fingerprint density at radius 2 is 2.07 bits per heavy atom. The lowest BCUT2D eigenvalue weighted by molar-refractivity contribution is 0.797. The molecule has 0 spiro atoms. The molecule has 0 atom stereocenters. The van der Waals surface area contributed by atoms with Gasteiger partial charge < -0.3 is 0 Å². The molecule has 14 heavy (non-hydrogen) atoms. The Kier molecular flexibility index (Phi) is 2.58. The van der Waals surface area contributed by atoms with Crippen LogP contribution in [0.1, 0.15) is 11.3 Å². The zero-order valence-corrected chi connectivity index (χ0v) is 9.27. The van der Waals surface area contributed by atoms with Crippen molar-refractivity contribution in [2.45, 2.75) is 12.3 Å². The average Bonchev–Trinajstić information content (AvgIpc) is 2.61. The van der Waals surface area contributed by atoms with Gasteiger partial charge in [-0.15, -0.1) is 0 Å². The summed E-state index contributed by atoms with van der Waals surface area (Å²) in [7, 11) is 0. The number of nitrogens with zero attached hydrogens (tertiary/aromatic N) is 4. The van der Waals surface area contributed by atoms with Crippen molar-refractivity contribution in [3.05, 3.63) is 35.9 Å². The van der Waals surface area contributed by atoms with E-state index in [0.29, 0.717) is 5.95 Å². The van der Waals surface area contributed by atoms with Crippen molar-refractivity contribution in [3.63, 3.8) is 0 Å². The molecule has 0 fully saturated rings. The first-order valence-corrected chi connectivity index (χ1v) is 5.32. The minimum atomic E-state index is 0.600. The molecule has 2 aromatic heterocycles. The van der Waals surface area contributed by atoms with Gasteiger partial charge in [0.2, 0.25) is 5.95 Å². The van der Waals surface area contributed by atoms with Gasteiger partial charge in [-0.25, -0.2) is 14.6 Å². The smallest absolute Gasteiger partial charge is 0.220 e. The second-order valence-corrected chi connectivity index (χ2v) is 3.43. The first kappa shape index (κ1) is 9.33. The monoisotopic (exact) mass is 252 g/mol. The molecule has 2 rings (SSSR count). The molecule has 0 aliphatic rings. The van der Waals surface area contributed by atoms with Crippen LogP contribution in [0.5, 0.6) is 0 Å². The van der Waals surface area contributed by atoms with Crippen molar-refractivity contribution in [2.24, 2.45) is 0 Å². The highest BCUT2D eigenvalue weighted by atomic mass is 79.9. The Balaban J connectivity index is 2.43. The standard InChI is InChI=1S/C9H9BrN4/c1-7-8(5-10)6-14(13-7)9-11-3-2-4-12-9/h2-4,6H,5H2,1H3. The molecule has 0 saturated carbocycles. The Morgan fingerprint density at radius 3 is 2.64 bits per heavy atom. The zero-order valence-electron chi connectivity index (χ0n) is 7.68. The van der Waals surface area contributed by atoms with E-state index in [1.54, 1.807) is 23.1 Å². The quantitative estimate of drug-likeness (QED) is 0.767. The van der Waals surface area contributed by atoms with Crippen LogP contribution in [0, 0.1) is 6.92 Å². The highest BCUT2D eigenvalue weighted by molar-refractivity contribution is 9.08. The fourth-order valence-electron chi connectivity index (χ4n) is 1.14. The molecule has 0 amide bonds. The second-order valence-electron chi connectivity index (χ2n) is 2.87. The largest absolute Gasteiger partial charge is 0.250 e. The molecule has 5 heteroatoms. The summed E-state index contributed by atoms with van der Waals surface area (Å²) < 4.78 is 1.69. The van der Waals surface area contributed by atoms with Gasteiger partial charge in [0.15, 0.2) is 0 Å². The minimum absolute atomic E-state index is 0.600. The van der Waals surface area contributed by atoms with Gasteiger partial charge in [0.25, 0.3) is 0 Å². The number of hydrogen-bond acceptors (Lipinski definition) is 3. The molecule has 0 aliphatic carbocycles. The van der Waals surface area contributed by atoms with Crippen LogP contribution in [0.25, 0.3) is 5.95 Å². The van der Waals surface area contributed by atoms with Crippen molar-refractivity contribution < 1.29 is 0 Å². The molecule has 0 bridgehead atoms. The summed E-state index contributed by atoms with van der Waals surface area (Å²) in [6, 6.07) is 1.78. The SMILES string of the molecule is Cc1nn(-c2ncccn2)cc1CBr. The van der Waals surface area contributed by atoms with Crippen molar-refractivity contribution in [1.82, 2.24) is 19.7 Å². The van der Waals surface area contributed by atoms with Gasteiger partial charge in [0.05, 0.1) is 5.69 Å². The molecule has 2 aromatic rings. The van der Waals surface area contributed by atoms with Crippen LogP contribution >= 0.6 is 15.9 Å². The number of hydrogen-bond donors (Lipinski definition) is 0. The van der Waals surface area contributed by atoms with Gasteiger partial charge in [-0.05, 0) is 13.0 Å². The van der Waals surface area contributed by atoms with E-state index in [9.17, 15) is 0 Å². The van der Waals surface area contributed by atoms with Crippen molar-refractivity contribution in [3.8, 4) is 5.95 Å². The van der Waals surface area contributed by atoms with Gasteiger partial charge in [-0.2, -0.15) is 5.10 Å². The highest BCUT2D eigenvalue weighted by Crippen LogP contribution is 2.11. The number of alkyl halides is 1. The van der Waals surface area contributed by atoms with E-state index in [1.165, 1.54) is 0 Å². The average molecular weight is 253 g/mol. The lowest BCUT2D eigenvalue weighted by Crippen LogP contribution is -2.00. The zero-order chi connectivity index (χ0) is 9.97. The van der Waals surface area contributed by atoms with E-state index in [1.807, 2.05) is 13.1 Å². The summed E-state index contributed by atoms with van der Waals surface area (Å²) in [6.45, 7) is 1.97. The van der Waals surface area contributed by atoms with E-state index in [-0.39, 0.29) is 0 Å². The second kappa shape index (κ2) is 3.88. The van der Waals surface area contributed by atoms with Crippen LogP contribution in [0.2, 0.25) is 0 Å². The maximum Gasteiger partial charge on any atom is 0.250 e. The molecule has 4 nitrogen and oxygen atoms in total.